The minimum atomic E-state index is -4.81. The SMILES string of the molecule is COc1nc(C(F)(F)F)c2n1CCN(C(=O)OC(C)(C)C)C2CCc1ccc(C(F)(F)F)cc1. The fourth-order valence-electron chi connectivity index (χ4n) is 3.87. The zero-order valence-electron chi connectivity index (χ0n) is 19.0. The second-order valence-corrected chi connectivity index (χ2v) is 8.90. The van der Waals surface area contributed by atoms with Gasteiger partial charge < -0.3 is 9.47 Å². The first-order chi connectivity index (χ1) is 15.6. The first-order valence-corrected chi connectivity index (χ1v) is 10.5. The van der Waals surface area contributed by atoms with Gasteiger partial charge in [0, 0.05) is 13.1 Å². The van der Waals surface area contributed by atoms with E-state index in [0.717, 1.165) is 12.1 Å². The number of hydrogen-bond donors (Lipinski definition) is 0. The Hall–Kier alpha value is -2.92. The molecule has 0 bridgehead atoms. The van der Waals surface area contributed by atoms with E-state index >= 15 is 0 Å². The van der Waals surface area contributed by atoms with Crippen molar-refractivity contribution >= 4 is 6.09 Å². The molecule has 1 atom stereocenters. The fraction of sp³-hybridized carbons (Fsp3) is 0.545. The maximum absolute atomic E-state index is 13.8. The Kier molecular flexibility index (Phi) is 6.82. The number of ether oxygens (including phenoxy) is 2. The molecule has 0 aliphatic carbocycles. The quantitative estimate of drug-likeness (QED) is 0.501. The lowest BCUT2D eigenvalue weighted by molar-refractivity contribution is -0.142. The second kappa shape index (κ2) is 9.03. The third-order valence-electron chi connectivity index (χ3n) is 5.29. The number of alkyl halides is 6. The molecular formula is C22H25F6N3O3. The summed E-state index contributed by atoms with van der Waals surface area (Å²) < 4.78 is 91.8. The van der Waals surface area contributed by atoms with Gasteiger partial charge in [0.25, 0.3) is 6.01 Å². The average Bonchev–Trinajstić information content (AvgIpc) is 3.10. The molecule has 1 unspecified atom stereocenters. The fourth-order valence-corrected chi connectivity index (χ4v) is 3.87. The van der Waals surface area contributed by atoms with Crippen molar-refractivity contribution in [1.82, 2.24) is 14.5 Å². The van der Waals surface area contributed by atoms with Crippen LogP contribution in [0.25, 0.3) is 0 Å². The van der Waals surface area contributed by atoms with Gasteiger partial charge in [0.2, 0.25) is 0 Å². The van der Waals surface area contributed by atoms with E-state index in [0.29, 0.717) is 5.56 Å². The highest BCUT2D eigenvalue weighted by atomic mass is 19.4. The summed E-state index contributed by atoms with van der Waals surface area (Å²) in [6, 6.07) is 3.05. The number of halogens is 6. The van der Waals surface area contributed by atoms with Crippen LogP contribution in [-0.4, -0.2) is 39.8 Å². The van der Waals surface area contributed by atoms with E-state index in [4.69, 9.17) is 9.47 Å². The molecule has 3 rings (SSSR count). The van der Waals surface area contributed by atoms with Gasteiger partial charge in [0.15, 0.2) is 5.69 Å². The van der Waals surface area contributed by atoms with Crippen LogP contribution < -0.4 is 4.74 Å². The average molecular weight is 493 g/mol. The minimum Gasteiger partial charge on any atom is -0.468 e. The maximum Gasteiger partial charge on any atom is 0.435 e. The number of methoxy groups -OCH3 is 1. The minimum absolute atomic E-state index is 0.00251. The van der Waals surface area contributed by atoms with E-state index < -0.39 is 41.3 Å². The standard InChI is InChI=1S/C22H25F6N3O3/c1-20(2,3)34-19(32)30-11-12-31-16(17(22(26,27)28)29-18(31)33-4)15(30)10-7-13-5-8-14(9-6-13)21(23,24)25/h5-6,8-9,15H,7,10-12H2,1-4H3. The van der Waals surface area contributed by atoms with Crippen LogP contribution >= 0.6 is 0 Å². The van der Waals surface area contributed by atoms with Gasteiger partial charge in [-0.1, -0.05) is 12.1 Å². The third kappa shape index (κ3) is 5.58. The molecule has 1 aliphatic rings. The summed E-state index contributed by atoms with van der Waals surface area (Å²) in [6.07, 6.45) is -9.98. The molecule has 0 N–H and O–H groups in total. The molecule has 1 amide bonds. The normalized spacial score (nSPS) is 16.9. The molecule has 0 radical (unpaired) electrons. The van der Waals surface area contributed by atoms with E-state index in [-0.39, 0.29) is 37.6 Å². The van der Waals surface area contributed by atoms with Gasteiger partial charge in [-0.25, -0.2) is 4.79 Å². The Bertz CT molecular complexity index is 1020. The first-order valence-electron chi connectivity index (χ1n) is 10.5. The topological polar surface area (TPSA) is 56.6 Å². The summed E-state index contributed by atoms with van der Waals surface area (Å²) in [5.41, 5.74) is -2.64. The van der Waals surface area contributed by atoms with Gasteiger partial charge in [-0.3, -0.25) is 9.47 Å². The number of carbonyl (C=O) groups excluding carboxylic acids is 1. The van der Waals surface area contributed by atoms with Crippen molar-refractivity contribution in [1.29, 1.82) is 0 Å². The van der Waals surface area contributed by atoms with E-state index in [2.05, 4.69) is 4.98 Å². The van der Waals surface area contributed by atoms with Gasteiger partial charge >= 0.3 is 18.4 Å². The van der Waals surface area contributed by atoms with Crippen LogP contribution in [0, 0.1) is 0 Å². The van der Waals surface area contributed by atoms with Gasteiger partial charge in [0.05, 0.1) is 24.4 Å². The van der Waals surface area contributed by atoms with E-state index in [1.165, 1.54) is 28.7 Å². The number of amides is 1. The van der Waals surface area contributed by atoms with Crippen molar-refractivity contribution in [2.75, 3.05) is 13.7 Å². The molecular weight excluding hydrogens is 468 g/mol. The lowest BCUT2D eigenvalue weighted by atomic mass is 9.98. The van der Waals surface area contributed by atoms with E-state index in [1.807, 2.05) is 0 Å². The third-order valence-corrected chi connectivity index (χ3v) is 5.29. The number of hydrogen-bond acceptors (Lipinski definition) is 4. The Morgan fingerprint density at radius 3 is 2.15 bits per heavy atom. The van der Waals surface area contributed by atoms with Crippen LogP contribution in [0.5, 0.6) is 6.01 Å². The first kappa shape index (κ1) is 25.7. The van der Waals surface area contributed by atoms with Crippen molar-refractivity contribution in [3.63, 3.8) is 0 Å². The zero-order valence-corrected chi connectivity index (χ0v) is 19.0. The predicted octanol–water partition coefficient (Wildman–Crippen LogP) is 5.85. The summed E-state index contributed by atoms with van der Waals surface area (Å²) in [5.74, 6) is 0. The molecule has 6 nitrogen and oxygen atoms in total. The highest BCUT2D eigenvalue weighted by Crippen LogP contribution is 2.42. The van der Waals surface area contributed by atoms with Crippen LogP contribution in [-0.2, 0) is 30.1 Å². The van der Waals surface area contributed by atoms with Crippen LogP contribution in [0.1, 0.15) is 55.7 Å². The molecule has 1 aromatic heterocycles. The molecule has 2 heterocycles. The number of benzene rings is 1. The van der Waals surface area contributed by atoms with Gasteiger partial charge in [-0.05, 0) is 51.3 Å². The summed E-state index contributed by atoms with van der Waals surface area (Å²) in [5, 5.41) is 0. The molecule has 0 saturated heterocycles. The van der Waals surface area contributed by atoms with Gasteiger partial charge in [0.1, 0.15) is 5.60 Å². The number of nitrogens with zero attached hydrogens (tertiary/aromatic N) is 3. The summed E-state index contributed by atoms with van der Waals surface area (Å²) in [7, 11) is 1.20. The number of aromatic nitrogens is 2. The van der Waals surface area contributed by atoms with Crippen molar-refractivity contribution in [3.05, 3.63) is 46.8 Å². The molecule has 0 fully saturated rings. The van der Waals surface area contributed by atoms with Crippen molar-refractivity contribution in [2.24, 2.45) is 0 Å². The Morgan fingerprint density at radius 2 is 1.65 bits per heavy atom. The molecule has 12 heteroatoms. The Morgan fingerprint density at radius 1 is 1.03 bits per heavy atom. The van der Waals surface area contributed by atoms with Crippen LogP contribution in [0.3, 0.4) is 0 Å². The zero-order chi connectivity index (χ0) is 25.5. The largest absolute Gasteiger partial charge is 0.468 e. The number of imidazole rings is 1. The smallest absolute Gasteiger partial charge is 0.435 e. The summed E-state index contributed by atoms with van der Waals surface area (Å²) in [6.45, 7) is 4.97. The lowest BCUT2D eigenvalue weighted by Crippen LogP contribution is -2.45. The molecule has 0 spiro atoms. The Balaban J connectivity index is 1.98. The lowest BCUT2D eigenvalue weighted by Gasteiger charge is -2.38. The number of aryl methyl sites for hydroxylation is 1. The highest BCUT2D eigenvalue weighted by Gasteiger charge is 2.46. The highest BCUT2D eigenvalue weighted by molar-refractivity contribution is 5.69. The molecule has 1 aliphatic heterocycles. The van der Waals surface area contributed by atoms with Crippen molar-refractivity contribution in [3.8, 4) is 6.01 Å². The summed E-state index contributed by atoms with van der Waals surface area (Å²) in [4.78, 5) is 17.7. The molecule has 34 heavy (non-hydrogen) atoms. The van der Waals surface area contributed by atoms with E-state index in [1.54, 1.807) is 20.8 Å². The number of fused-ring (bicyclic) bond motifs is 1. The molecule has 2 aromatic rings. The van der Waals surface area contributed by atoms with Gasteiger partial charge in [-0.2, -0.15) is 31.3 Å². The molecule has 1 aromatic carbocycles. The van der Waals surface area contributed by atoms with Crippen LogP contribution in [0.4, 0.5) is 31.1 Å². The maximum atomic E-state index is 13.8. The van der Waals surface area contributed by atoms with Crippen molar-refractivity contribution < 1.29 is 40.6 Å². The summed E-state index contributed by atoms with van der Waals surface area (Å²) >= 11 is 0. The van der Waals surface area contributed by atoms with Crippen molar-refractivity contribution in [2.45, 2.75) is 64.2 Å². The number of carbonyl (C=O) groups is 1. The Labute approximate surface area is 192 Å². The van der Waals surface area contributed by atoms with Crippen LogP contribution in [0.2, 0.25) is 0 Å². The number of rotatable bonds is 4. The second-order valence-electron chi connectivity index (χ2n) is 8.90. The molecule has 0 saturated carbocycles. The van der Waals surface area contributed by atoms with Crippen LogP contribution in [0.15, 0.2) is 24.3 Å². The monoisotopic (exact) mass is 493 g/mol. The van der Waals surface area contributed by atoms with Gasteiger partial charge in [-0.15, -0.1) is 0 Å². The predicted molar refractivity (Wildman–Crippen MR) is 109 cm³/mol. The van der Waals surface area contributed by atoms with E-state index in [9.17, 15) is 31.1 Å². The molecule has 188 valence electrons.